The van der Waals surface area contributed by atoms with Crippen molar-refractivity contribution in [3.8, 4) is 0 Å². The van der Waals surface area contributed by atoms with Crippen LogP contribution in [0.15, 0.2) is 41.3 Å². The van der Waals surface area contributed by atoms with Gasteiger partial charge in [0.2, 0.25) is 5.91 Å². The molecule has 2 aliphatic rings. The molecule has 2 saturated carbocycles. The number of anilines is 1. The number of methoxy groups -OCH3 is 2. The number of hydrogen-bond acceptors (Lipinski definition) is 7. The van der Waals surface area contributed by atoms with Crippen LogP contribution in [0.1, 0.15) is 127 Å². The quantitative estimate of drug-likeness (QED) is 0.154. The minimum Gasteiger partial charge on any atom is -0.381 e. The van der Waals surface area contributed by atoms with Gasteiger partial charge in [-0.3, -0.25) is 23.6 Å². The Balaban J connectivity index is -0.000000999. The number of Topliss-reactive ketones (excluding diaryl/α,β-unsaturated/α-hetero) is 2. The number of amides is 1. The monoisotopic (exact) mass is 729 g/mol. The van der Waals surface area contributed by atoms with Crippen molar-refractivity contribution in [2.75, 3.05) is 19.5 Å². The summed E-state index contributed by atoms with van der Waals surface area (Å²) in [5.74, 6) is -0.638. The van der Waals surface area contributed by atoms with Gasteiger partial charge < -0.3 is 14.8 Å². The van der Waals surface area contributed by atoms with E-state index in [9.17, 15) is 27.4 Å². The van der Waals surface area contributed by atoms with E-state index in [1.165, 1.54) is 58.6 Å². The summed E-state index contributed by atoms with van der Waals surface area (Å²) in [7, 11) is -1.43. The number of carbonyl (C=O) groups is 3. The van der Waals surface area contributed by atoms with Gasteiger partial charge in [0.25, 0.3) is 10.1 Å². The molecule has 2 fully saturated rings. The Hall–Kier alpha value is -2.73. The molecule has 2 aromatic rings. The lowest BCUT2D eigenvalue weighted by atomic mass is 9.81. The topological polar surface area (TPSA) is 136 Å². The van der Waals surface area contributed by atoms with Gasteiger partial charge >= 0.3 is 0 Å². The molecule has 9 nitrogen and oxygen atoms in total. The molecule has 2 aliphatic carbocycles. The summed E-state index contributed by atoms with van der Waals surface area (Å²) in [5.41, 5.74) is -0.0648. The highest BCUT2D eigenvalue weighted by atomic mass is 32.2. The van der Waals surface area contributed by atoms with Crippen LogP contribution < -0.4 is 5.32 Å². The average Bonchev–Trinajstić information content (AvgIpc) is 3.00. The Kier molecular flexibility index (Phi) is 26.1. The Bertz CT molecular complexity index is 1390. The standard InChI is InChI=1S/C23H29NO6S.C12H22O2.4CH4.FH/c1-15(25)21(20(30-2)14-16-8-4-3-5-9-16)23(26)24-19-13-12-17-10-6-7-11-18(17)22(19)31(27,28)29;1-10(13)8-12(14-2)9-11-6-4-3-5-7-11;;;;;/h6-7,10-13,16,20-21H,3-5,8-9,14H2,1-2H3,(H,24,26)(H,27,28,29);11-12H,3-9H2,1-2H3;4*1H4;1H. The van der Waals surface area contributed by atoms with Gasteiger partial charge in [0.05, 0.1) is 17.9 Å². The molecule has 50 heavy (non-hydrogen) atoms. The van der Waals surface area contributed by atoms with Crippen molar-refractivity contribution in [2.24, 2.45) is 17.8 Å². The van der Waals surface area contributed by atoms with Crippen LogP contribution in [0.2, 0.25) is 0 Å². The molecule has 0 aliphatic heterocycles. The summed E-state index contributed by atoms with van der Waals surface area (Å²) in [6.45, 7) is 2.98. The second-order valence-corrected chi connectivity index (χ2v) is 14.1. The van der Waals surface area contributed by atoms with Crippen molar-refractivity contribution in [1.82, 2.24) is 0 Å². The number of hydrogen-bond donors (Lipinski definition) is 2. The SMILES string of the molecule is C.C.C.C.COC(CC(C)=O)CC1CCCCC1.COC(CC1CCCCC1)C(C(C)=O)C(=O)Nc1ccc2ccccc2c1S(=O)(=O)O.F. The fourth-order valence-corrected chi connectivity index (χ4v) is 7.80. The Morgan fingerprint density at radius 3 is 1.78 bits per heavy atom. The summed E-state index contributed by atoms with van der Waals surface area (Å²) in [5, 5.41) is 3.45. The fourth-order valence-electron chi connectivity index (χ4n) is 6.94. The van der Waals surface area contributed by atoms with E-state index >= 15 is 0 Å². The van der Waals surface area contributed by atoms with Crippen LogP contribution in [0.5, 0.6) is 0 Å². The van der Waals surface area contributed by atoms with E-state index < -0.39 is 28.0 Å². The van der Waals surface area contributed by atoms with Gasteiger partial charge in [0, 0.05) is 26.0 Å². The third-order valence-corrected chi connectivity index (χ3v) is 10.2. The lowest BCUT2D eigenvalue weighted by molar-refractivity contribution is -0.136. The van der Waals surface area contributed by atoms with Crippen molar-refractivity contribution in [3.05, 3.63) is 36.4 Å². The molecule has 3 unspecified atom stereocenters. The van der Waals surface area contributed by atoms with Crippen molar-refractivity contribution < 1.29 is 41.5 Å². The van der Waals surface area contributed by atoms with Crippen LogP contribution in [0, 0.1) is 17.8 Å². The van der Waals surface area contributed by atoms with E-state index in [4.69, 9.17) is 9.47 Å². The highest BCUT2D eigenvalue weighted by Gasteiger charge is 2.35. The van der Waals surface area contributed by atoms with E-state index in [1.54, 1.807) is 44.4 Å². The van der Waals surface area contributed by atoms with Crippen molar-refractivity contribution in [3.63, 3.8) is 0 Å². The lowest BCUT2D eigenvalue weighted by Gasteiger charge is -2.29. The second kappa shape index (κ2) is 25.3. The molecule has 1 amide bonds. The molecular formula is C39H68FNO8S. The van der Waals surface area contributed by atoms with Gasteiger partial charge in [-0.25, -0.2) is 0 Å². The maximum atomic E-state index is 13.1. The van der Waals surface area contributed by atoms with E-state index in [2.05, 4.69) is 5.32 Å². The molecule has 11 heteroatoms. The number of ketones is 2. The van der Waals surface area contributed by atoms with Gasteiger partial charge in [-0.2, -0.15) is 8.42 Å². The maximum Gasteiger partial charge on any atom is 0.297 e. The predicted octanol–water partition coefficient (Wildman–Crippen LogP) is 9.86. The first-order chi connectivity index (χ1) is 21.4. The Morgan fingerprint density at radius 1 is 0.800 bits per heavy atom. The van der Waals surface area contributed by atoms with E-state index in [1.807, 2.05) is 0 Å². The van der Waals surface area contributed by atoms with Gasteiger partial charge in [-0.05, 0) is 50.0 Å². The Morgan fingerprint density at radius 2 is 1.32 bits per heavy atom. The first kappa shape index (κ1) is 51.6. The highest BCUT2D eigenvalue weighted by Crippen LogP contribution is 2.33. The summed E-state index contributed by atoms with van der Waals surface area (Å²) >= 11 is 0. The zero-order chi connectivity index (χ0) is 33.0. The van der Waals surface area contributed by atoms with Crippen LogP contribution in [0.4, 0.5) is 10.4 Å². The summed E-state index contributed by atoms with van der Waals surface area (Å²) < 4.78 is 45.0. The van der Waals surface area contributed by atoms with Crippen LogP contribution >= 0.6 is 0 Å². The summed E-state index contributed by atoms with van der Waals surface area (Å²) in [6, 6.07) is 9.72. The third-order valence-electron chi connectivity index (χ3n) is 9.25. The minimum atomic E-state index is -4.63. The molecule has 0 radical (unpaired) electrons. The van der Waals surface area contributed by atoms with E-state index in [0.29, 0.717) is 24.1 Å². The normalized spacial score (nSPS) is 16.5. The van der Waals surface area contributed by atoms with Crippen molar-refractivity contribution >= 4 is 44.1 Å². The molecule has 0 heterocycles. The molecule has 4 rings (SSSR count). The number of nitrogens with one attached hydrogen (secondary N) is 1. The van der Waals surface area contributed by atoms with E-state index in [-0.39, 0.29) is 68.1 Å². The smallest absolute Gasteiger partial charge is 0.297 e. The molecule has 0 spiro atoms. The molecule has 0 bridgehead atoms. The number of rotatable bonds is 13. The first-order valence-electron chi connectivity index (χ1n) is 16.3. The van der Waals surface area contributed by atoms with E-state index in [0.717, 1.165) is 38.0 Å². The zero-order valence-corrected chi connectivity index (χ0v) is 28.5. The largest absolute Gasteiger partial charge is 0.381 e. The molecule has 3 atom stereocenters. The summed E-state index contributed by atoms with van der Waals surface area (Å²) in [6.07, 6.45) is 14.2. The second-order valence-electron chi connectivity index (χ2n) is 12.7. The minimum absolute atomic E-state index is 0. The van der Waals surface area contributed by atoms with Crippen LogP contribution in [0.25, 0.3) is 10.8 Å². The van der Waals surface area contributed by atoms with Crippen LogP contribution in [-0.4, -0.2) is 56.9 Å². The van der Waals surface area contributed by atoms with Gasteiger partial charge in [0.15, 0.2) is 0 Å². The molecule has 2 N–H and O–H groups in total. The predicted molar refractivity (Wildman–Crippen MR) is 205 cm³/mol. The molecule has 0 aromatic heterocycles. The Labute approximate surface area is 302 Å². The van der Waals surface area contributed by atoms with Gasteiger partial charge in [0.1, 0.15) is 22.4 Å². The molecular weight excluding hydrogens is 661 g/mol. The number of carbonyl (C=O) groups excluding carboxylic acids is 3. The number of benzene rings is 2. The van der Waals surface area contributed by atoms with Gasteiger partial charge in [-0.1, -0.05) is 124 Å². The molecule has 2 aromatic carbocycles. The fraction of sp³-hybridized carbons (Fsp3) is 0.667. The third kappa shape index (κ3) is 15.7. The number of fused-ring (bicyclic) bond motifs is 1. The molecule has 0 saturated heterocycles. The van der Waals surface area contributed by atoms with Crippen molar-refractivity contribution in [1.29, 1.82) is 0 Å². The zero-order valence-electron chi connectivity index (χ0n) is 27.7. The van der Waals surface area contributed by atoms with Crippen LogP contribution in [-0.2, 0) is 34.0 Å². The van der Waals surface area contributed by atoms with Crippen molar-refractivity contribution in [2.45, 2.75) is 144 Å². The average molecular weight is 730 g/mol. The summed E-state index contributed by atoms with van der Waals surface area (Å²) in [4.78, 5) is 36.1. The lowest BCUT2D eigenvalue weighted by Crippen LogP contribution is -2.40. The number of ether oxygens (including phenoxy) is 2. The highest BCUT2D eigenvalue weighted by molar-refractivity contribution is 7.86. The van der Waals surface area contributed by atoms with Gasteiger partial charge in [-0.15, -0.1) is 0 Å². The van der Waals surface area contributed by atoms with Crippen LogP contribution in [0.3, 0.4) is 0 Å². The molecule has 290 valence electrons. The first-order valence-corrected chi connectivity index (χ1v) is 17.7. The number of halogens is 1. The maximum absolute atomic E-state index is 13.1.